The van der Waals surface area contributed by atoms with Crippen molar-refractivity contribution in [2.45, 2.75) is 13.0 Å². The third-order valence-corrected chi connectivity index (χ3v) is 2.60. The summed E-state index contributed by atoms with van der Waals surface area (Å²) in [5.74, 6) is 0.207. The van der Waals surface area contributed by atoms with Crippen LogP contribution in [-0.4, -0.2) is 37.5 Å². The average molecular weight is 192 g/mol. The number of carbonyl (C=O) groups excluding carboxylic acids is 1. The van der Waals surface area contributed by atoms with Crippen LogP contribution in [0.5, 0.6) is 0 Å². The van der Waals surface area contributed by atoms with Gasteiger partial charge < -0.3 is 4.48 Å². The molecular weight excluding hydrogens is 174 g/mol. The molecule has 1 atom stereocenters. The van der Waals surface area contributed by atoms with Crippen molar-refractivity contribution in [2.75, 3.05) is 21.1 Å². The largest absolute Gasteiger partial charge is 0.322 e. The summed E-state index contributed by atoms with van der Waals surface area (Å²) in [6.45, 7) is 1.97. The van der Waals surface area contributed by atoms with Crippen LogP contribution < -0.4 is 0 Å². The number of hydrogen-bond donors (Lipinski definition) is 0. The standard InChI is InChI=1S/C12H18NO/c1-10(13(2,3)4)12(14)11-8-6-5-7-9-11/h5-10H,1-4H3/q+1/t10-/m1/s1. The van der Waals surface area contributed by atoms with Gasteiger partial charge in [0, 0.05) is 5.56 Å². The lowest BCUT2D eigenvalue weighted by Gasteiger charge is -2.30. The molecule has 0 bridgehead atoms. The smallest absolute Gasteiger partial charge is 0.219 e. The van der Waals surface area contributed by atoms with Crippen molar-refractivity contribution in [3.8, 4) is 0 Å². The Kier molecular flexibility index (Phi) is 3.06. The predicted octanol–water partition coefficient (Wildman–Crippen LogP) is 1.96. The first kappa shape index (κ1) is 10.9. The quantitative estimate of drug-likeness (QED) is 0.528. The number of likely N-dealkylation sites (N-methyl/N-ethyl adjacent to an activating group) is 1. The van der Waals surface area contributed by atoms with Gasteiger partial charge in [-0.2, -0.15) is 0 Å². The van der Waals surface area contributed by atoms with Crippen molar-refractivity contribution in [1.29, 1.82) is 0 Å². The zero-order valence-corrected chi connectivity index (χ0v) is 9.32. The van der Waals surface area contributed by atoms with E-state index in [9.17, 15) is 4.79 Å². The molecule has 0 radical (unpaired) electrons. The predicted molar refractivity (Wildman–Crippen MR) is 58.3 cm³/mol. The molecule has 0 saturated heterocycles. The van der Waals surface area contributed by atoms with E-state index in [-0.39, 0.29) is 11.8 Å². The molecule has 0 fully saturated rings. The van der Waals surface area contributed by atoms with Crippen LogP contribution in [0.25, 0.3) is 0 Å². The van der Waals surface area contributed by atoms with E-state index in [1.165, 1.54) is 0 Å². The van der Waals surface area contributed by atoms with E-state index in [4.69, 9.17) is 0 Å². The maximum Gasteiger partial charge on any atom is 0.219 e. The highest BCUT2D eigenvalue weighted by Gasteiger charge is 2.26. The lowest BCUT2D eigenvalue weighted by atomic mass is 10.0. The third kappa shape index (κ3) is 2.42. The second kappa shape index (κ2) is 3.93. The van der Waals surface area contributed by atoms with Crippen molar-refractivity contribution in [3.63, 3.8) is 0 Å². The van der Waals surface area contributed by atoms with Crippen LogP contribution in [0.1, 0.15) is 17.3 Å². The van der Waals surface area contributed by atoms with Crippen LogP contribution in [0, 0.1) is 0 Å². The number of carbonyl (C=O) groups is 1. The minimum Gasteiger partial charge on any atom is -0.322 e. The van der Waals surface area contributed by atoms with Crippen LogP contribution in [0.4, 0.5) is 0 Å². The Labute approximate surface area is 85.8 Å². The molecule has 0 aromatic heterocycles. The van der Waals surface area contributed by atoms with Crippen molar-refractivity contribution >= 4 is 5.78 Å². The van der Waals surface area contributed by atoms with E-state index in [0.717, 1.165) is 5.56 Å². The van der Waals surface area contributed by atoms with Gasteiger partial charge in [0.1, 0.15) is 6.04 Å². The van der Waals surface area contributed by atoms with Crippen molar-refractivity contribution < 1.29 is 9.28 Å². The highest BCUT2D eigenvalue weighted by Crippen LogP contribution is 2.10. The van der Waals surface area contributed by atoms with Gasteiger partial charge in [-0.05, 0) is 6.92 Å². The van der Waals surface area contributed by atoms with Crippen LogP contribution in [0.15, 0.2) is 30.3 Å². The molecule has 1 rings (SSSR count). The second-order valence-electron chi connectivity index (χ2n) is 4.52. The molecule has 2 heteroatoms. The van der Waals surface area contributed by atoms with E-state index in [1.807, 2.05) is 58.4 Å². The molecule has 0 aliphatic rings. The third-order valence-electron chi connectivity index (χ3n) is 2.60. The van der Waals surface area contributed by atoms with E-state index in [1.54, 1.807) is 0 Å². The minimum absolute atomic E-state index is 0.00241. The number of benzene rings is 1. The van der Waals surface area contributed by atoms with Crippen molar-refractivity contribution in [2.24, 2.45) is 0 Å². The zero-order chi connectivity index (χ0) is 10.8. The molecule has 0 aliphatic carbocycles. The maximum absolute atomic E-state index is 12.0. The fourth-order valence-electron chi connectivity index (χ4n) is 1.20. The van der Waals surface area contributed by atoms with Gasteiger partial charge in [-0.25, -0.2) is 0 Å². The summed E-state index contributed by atoms with van der Waals surface area (Å²) in [4.78, 5) is 12.0. The molecule has 14 heavy (non-hydrogen) atoms. The van der Waals surface area contributed by atoms with Crippen LogP contribution in [-0.2, 0) is 0 Å². The van der Waals surface area contributed by atoms with Gasteiger partial charge in [0.25, 0.3) is 0 Å². The second-order valence-corrected chi connectivity index (χ2v) is 4.52. The first-order chi connectivity index (χ1) is 6.43. The van der Waals surface area contributed by atoms with E-state index < -0.39 is 0 Å². The fraction of sp³-hybridized carbons (Fsp3) is 0.417. The number of rotatable bonds is 3. The van der Waals surface area contributed by atoms with Gasteiger partial charge in [-0.15, -0.1) is 0 Å². The Hall–Kier alpha value is -1.15. The zero-order valence-electron chi connectivity index (χ0n) is 9.32. The Morgan fingerprint density at radius 1 is 1.14 bits per heavy atom. The lowest BCUT2D eigenvalue weighted by molar-refractivity contribution is -0.883. The summed E-state index contributed by atoms with van der Waals surface area (Å²) < 4.78 is 0.660. The van der Waals surface area contributed by atoms with E-state index >= 15 is 0 Å². The first-order valence-corrected chi connectivity index (χ1v) is 4.83. The lowest BCUT2D eigenvalue weighted by Crippen LogP contribution is -2.47. The summed E-state index contributed by atoms with van der Waals surface area (Å²) in [6, 6.07) is 9.46. The van der Waals surface area contributed by atoms with Gasteiger partial charge in [-0.3, -0.25) is 4.79 Å². The van der Waals surface area contributed by atoms with Crippen LogP contribution in [0.2, 0.25) is 0 Å². The average Bonchev–Trinajstić information content (AvgIpc) is 2.15. The summed E-state index contributed by atoms with van der Waals surface area (Å²) in [6.07, 6.45) is 0. The molecular formula is C12H18NO+. The normalized spacial score (nSPS) is 13.7. The van der Waals surface area contributed by atoms with Crippen molar-refractivity contribution in [3.05, 3.63) is 35.9 Å². The fourth-order valence-corrected chi connectivity index (χ4v) is 1.20. The molecule has 0 heterocycles. The number of nitrogens with zero attached hydrogens (tertiary/aromatic N) is 1. The SMILES string of the molecule is C[C@H](C(=O)c1ccccc1)[N+](C)(C)C. The molecule has 0 amide bonds. The first-order valence-electron chi connectivity index (χ1n) is 4.83. The minimum atomic E-state index is -0.00241. The van der Waals surface area contributed by atoms with Gasteiger partial charge in [0.15, 0.2) is 0 Å². The van der Waals surface area contributed by atoms with E-state index in [0.29, 0.717) is 4.48 Å². The highest BCUT2D eigenvalue weighted by atomic mass is 16.1. The number of Topliss-reactive ketones (excluding diaryl/α,β-unsaturated/α-hetero) is 1. The van der Waals surface area contributed by atoms with Gasteiger partial charge in [0.2, 0.25) is 5.78 Å². The van der Waals surface area contributed by atoms with Crippen LogP contribution in [0.3, 0.4) is 0 Å². The molecule has 0 aliphatic heterocycles. The topological polar surface area (TPSA) is 17.1 Å². The Bertz CT molecular complexity index is 311. The Morgan fingerprint density at radius 2 is 1.64 bits per heavy atom. The highest BCUT2D eigenvalue weighted by molar-refractivity contribution is 5.99. The summed E-state index contributed by atoms with van der Waals surface area (Å²) in [7, 11) is 6.10. The molecule has 1 aromatic rings. The molecule has 0 spiro atoms. The summed E-state index contributed by atoms with van der Waals surface area (Å²) in [5.41, 5.74) is 0.799. The molecule has 76 valence electrons. The number of quaternary nitrogens is 1. The van der Waals surface area contributed by atoms with Crippen LogP contribution >= 0.6 is 0 Å². The van der Waals surface area contributed by atoms with Gasteiger partial charge >= 0.3 is 0 Å². The van der Waals surface area contributed by atoms with E-state index in [2.05, 4.69) is 0 Å². The molecule has 0 N–H and O–H groups in total. The molecule has 1 aromatic carbocycles. The van der Waals surface area contributed by atoms with Gasteiger partial charge in [-0.1, -0.05) is 30.3 Å². The Balaban J connectivity index is 2.87. The Morgan fingerprint density at radius 3 is 2.07 bits per heavy atom. The van der Waals surface area contributed by atoms with Gasteiger partial charge in [0.05, 0.1) is 21.1 Å². The summed E-state index contributed by atoms with van der Waals surface area (Å²) in [5, 5.41) is 0. The van der Waals surface area contributed by atoms with Crippen molar-refractivity contribution in [1.82, 2.24) is 0 Å². The maximum atomic E-state index is 12.0. The monoisotopic (exact) mass is 192 g/mol. The number of hydrogen-bond acceptors (Lipinski definition) is 1. The summed E-state index contributed by atoms with van der Waals surface area (Å²) >= 11 is 0. The molecule has 2 nitrogen and oxygen atoms in total. The molecule has 0 unspecified atom stereocenters. The number of ketones is 1. The molecule has 0 saturated carbocycles.